The summed E-state index contributed by atoms with van der Waals surface area (Å²) in [6, 6.07) is 0. The zero-order chi connectivity index (χ0) is 18.6. The fraction of sp³-hybridized carbons (Fsp3) is 0.619. The number of halogens is 1. The van der Waals surface area contributed by atoms with Crippen molar-refractivity contribution in [2.75, 3.05) is 13.3 Å². The molecule has 0 amide bonds. The first-order valence-corrected chi connectivity index (χ1v) is 11.3. The second kappa shape index (κ2) is 17.9. The molecule has 0 aromatic carbocycles. The van der Waals surface area contributed by atoms with Crippen LogP contribution in [-0.4, -0.2) is 13.3 Å². The second-order valence-electron chi connectivity index (χ2n) is 6.08. The number of hydrogen-bond donors (Lipinski definition) is 0. The molecule has 4 heteroatoms. The first kappa shape index (κ1) is 24.1. The first-order chi connectivity index (χ1) is 12.1. The van der Waals surface area contributed by atoms with Gasteiger partial charge < -0.3 is 4.52 Å². The van der Waals surface area contributed by atoms with Crippen molar-refractivity contribution in [3.63, 3.8) is 0 Å². The van der Waals surface area contributed by atoms with Gasteiger partial charge in [0.25, 0.3) is 0 Å². The largest absolute Gasteiger partial charge is 0.367 e. The Bertz CT molecular complexity index is 453. The van der Waals surface area contributed by atoms with Gasteiger partial charge in [-0.15, -0.1) is 0 Å². The van der Waals surface area contributed by atoms with Crippen LogP contribution in [0.25, 0.3) is 0 Å². The highest BCUT2D eigenvalue weighted by Gasteiger charge is 2.18. The van der Waals surface area contributed by atoms with Crippen LogP contribution in [0.15, 0.2) is 48.6 Å². The van der Waals surface area contributed by atoms with E-state index in [1.165, 1.54) is 25.7 Å². The van der Waals surface area contributed by atoms with E-state index in [0.717, 1.165) is 39.2 Å². The average molecular weight is 370 g/mol. The van der Waals surface area contributed by atoms with Crippen LogP contribution >= 0.6 is 7.68 Å². The third kappa shape index (κ3) is 19.3. The maximum absolute atomic E-state index is 13.0. The van der Waals surface area contributed by atoms with E-state index in [4.69, 9.17) is 0 Å². The normalized spacial score (nSPS) is 15.2. The third-order valence-electron chi connectivity index (χ3n) is 3.78. The summed E-state index contributed by atoms with van der Waals surface area (Å²) in [5.41, 5.74) is 0. The van der Waals surface area contributed by atoms with Crippen molar-refractivity contribution in [2.45, 2.75) is 71.1 Å². The summed E-state index contributed by atoms with van der Waals surface area (Å²) in [7, 11) is -2.65. The summed E-state index contributed by atoms with van der Waals surface area (Å²) in [5, 5.41) is 0. The summed E-state index contributed by atoms with van der Waals surface area (Å²) in [4.78, 5) is 0. The predicted molar refractivity (Wildman–Crippen MR) is 109 cm³/mol. The van der Waals surface area contributed by atoms with Crippen molar-refractivity contribution < 1.29 is 13.3 Å². The van der Waals surface area contributed by atoms with E-state index in [9.17, 15) is 8.76 Å². The van der Waals surface area contributed by atoms with Crippen molar-refractivity contribution in [1.29, 1.82) is 0 Å². The maximum atomic E-state index is 13.0. The lowest BCUT2D eigenvalue weighted by Gasteiger charge is -2.04. The lowest BCUT2D eigenvalue weighted by Crippen LogP contribution is -1.87. The van der Waals surface area contributed by atoms with Gasteiger partial charge in [-0.3, -0.25) is 4.57 Å². The van der Waals surface area contributed by atoms with Crippen LogP contribution < -0.4 is 0 Å². The average Bonchev–Trinajstić information content (AvgIpc) is 2.60. The third-order valence-corrected chi connectivity index (χ3v) is 5.17. The van der Waals surface area contributed by atoms with Crippen molar-refractivity contribution in [3.8, 4) is 0 Å². The predicted octanol–water partition coefficient (Wildman–Crippen LogP) is 7.94. The number of allylic oxidation sites excluding steroid dienone is 8. The minimum atomic E-state index is -3.81. The molecular weight excluding hydrogens is 334 g/mol. The monoisotopic (exact) mass is 370 g/mol. The summed E-state index contributed by atoms with van der Waals surface area (Å²) in [6.45, 7) is 2.23. The molecule has 0 fully saturated rings. The molecule has 0 radical (unpaired) electrons. The Kier molecular flexibility index (Phi) is 17.2. The van der Waals surface area contributed by atoms with Crippen molar-refractivity contribution in [2.24, 2.45) is 0 Å². The van der Waals surface area contributed by atoms with Gasteiger partial charge >= 0.3 is 7.68 Å². The van der Waals surface area contributed by atoms with E-state index >= 15 is 0 Å². The van der Waals surface area contributed by atoms with Crippen LogP contribution in [0.1, 0.15) is 71.1 Å². The minimum absolute atomic E-state index is 0.0253. The topological polar surface area (TPSA) is 26.3 Å². The fourth-order valence-electron chi connectivity index (χ4n) is 2.22. The van der Waals surface area contributed by atoms with Crippen molar-refractivity contribution in [3.05, 3.63) is 48.6 Å². The standard InChI is InChI=1S/C21H36FO2P/c1-3-4-5-6-7-8-9-10-11-12-13-14-15-16-17-18-19-20-21-25(22,23)24-2/h7-8,10-11,13-14,16-17H,3-6,9,12,15,18-21H2,1-2H3/b8-7+,11-10+,14-13+,17-16+/t25-/m0/s1. The highest BCUT2D eigenvalue weighted by molar-refractivity contribution is 7.53. The molecule has 0 heterocycles. The minimum Gasteiger partial charge on any atom is -0.309 e. The number of unbranched alkanes of at least 4 members (excludes halogenated alkanes) is 5. The molecule has 0 aliphatic rings. The Morgan fingerprint density at radius 1 is 0.760 bits per heavy atom. The van der Waals surface area contributed by atoms with E-state index in [1.54, 1.807) is 0 Å². The second-order valence-corrected chi connectivity index (χ2v) is 8.07. The Morgan fingerprint density at radius 2 is 1.20 bits per heavy atom. The molecule has 0 aromatic rings. The summed E-state index contributed by atoms with van der Waals surface area (Å²) in [5.74, 6) is 0. The van der Waals surface area contributed by atoms with Gasteiger partial charge in [-0.2, -0.15) is 4.20 Å². The van der Waals surface area contributed by atoms with Crippen LogP contribution in [0.2, 0.25) is 0 Å². The number of rotatable bonds is 16. The molecular formula is C21H36FO2P. The van der Waals surface area contributed by atoms with E-state index in [0.29, 0.717) is 6.42 Å². The molecule has 25 heavy (non-hydrogen) atoms. The van der Waals surface area contributed by atoms with E-state index in [2.05, 4.69) is 60.1 Å². The highest BCUT2D eigenvalue weighted by atomic mass is 31.2. The van der Waals surface area contributed by atoms with Crippen LogP contribution in [0, 0.1) is 0 Å². The zero-order valence-corrected chi connectivity index (χ0v) is 16.9. The van der Waals surface area contributed by atoms with Gasteiger partial charge in [0.15, 0.2) is 0 Å². The lowest BCUT2D eigenvalue weighted by atomic mass is 10.2. The quantitative estimate of drug-likeness (QED) is 0.157. The van der Waals surface area contributed by atoms with Crippen molar-refractivity contribution in [1.82, 2.24) is 0 Å². The van der Waals surface area contributed by atoms with Gasteiger partial charge in [-0.25, -0.2) is 0 Å². The van der Waals surface area contributed by atoms with Gasteiger partial charge in [-0.1, -0.05) is 68.4 Å². The molecule has 0 rings (SSSR count). The van der Waals surface area contributed by atoms with E-state index in [-0.39, 0.29) is 6.16 Å². The molecule has 144 valence electrons. The van der Waals surface area contributed by atoms with Crippen LogP contribution in [0.3, 0.4) is 0 Å². The molecule has 0 saturated carbocycles. The van der Waals surface area contributed by atoms with Gasteiger partial charge in [-0.05, 0) is 51.4 Å². The summed E-state index contributed by atoms with van der Waals surface area (Å²) < 4.78 is 28.4. The highest BCUT2D eigenvalue weighted by Crippen LogP contribution is 2.48. The molecule has 0 spiro atoms. The molecule has 0 aliphatic heterocycles. The molecule has 0 bridgehead atoms. The SMILES string of the molecule is CCCCC/C=C/C/C=C/C/C=C/C/C=C/CCCC[P@@](=O)(F)OC. The summed E-state index contributed by atoms with van der Waals surface area (Å²) in [6.07, 6.45) is 27.8. The molecule has 0 unspecified atom stereocenters. The first-order valence-electron chi connectivity index (χ1n) is 9.57. The molecule has 0 aliphatic carbocycles. The molecule has 0 N–H and O–H groups in total. The molecule has 0 aromatic heterocycles. The molecule has 0 saturated heterocycles. The van der Waals surface area contributed by atoms with E-state index in [1.807, 2.05) is 0 Å². The van der Waals surface area contributed by atoms with Crippen LogP contribution in [-0.2, 0) is 9.09 Å². The smallest absolute Gasteiger partial charge is 0.309 e. The maximum Gasteiger partial charge on any atom is 0.367 e. The Morgan fingerprint density at radius 3 is 1.64 bits per heavy atom. The van der Waals surface area contributed by atoms with Gasteiger partial charge in [0.2, 0.25) is 0 Å². The number of hydrogen-bond acceptors (Lipinski definition) is 2. The van der Waals surface area contributed by atoms with Gasteiger partial charge in [0.05, 0.1) is 6.16 Å². The Hall–Kier alpha value is -0.920. The Labute approximate surface area is 154 Å². The van der Waals surface area contributed by atoms with E-state index < -0.39 is 7.68 Å². The van der Waals surface area contributed by atoms with Crippen LogP contribution in [0.5, 0.6) is 0 Å². The fourth-order valence-corrected chi connectivity index (χ4v) is 3.00. The zero-order valence-electron chi connectivity index (χ0n) is 16.0. The lowest BCUT2D eigenvalue weighted by molar-refractivity contribution is 0.354. The van der Waals surface area contributed by atoms with Crippen molar-refractivity contribution >= 4 is 7.68 Å². The van der Waals surface area contributed by atoms with Crippen LogP contribution in [0.4, 0.5) is 4.20 Å². The van der Waals surface area contributed by atoms with Gasteiger partial charge in [0.1, 0.15) is 0 Å². The summed E-state index contributed by atoms with van der Waals surface area (Å²) >= 11 is 0. The Balaban J connectivity index is 3.47. The molecule has 1 atom stereocenters. The molecule has 2 nitrogen and oxygen atoms in total. The van der Waals surface area contributed by atoms with Gasteiger partial charge in [0, 0.05) is 7.11 Å².